The number of hydrogen-bond donors (Lipinski definition) is 1. The van der Waals surface area contributed by atoms with Crippen LogP contribution >= 0.6 is 11.6 Å². The topological polar surface area (TPSA) is 89.3 Å². The van der Waals surface area contributed by atoms with Gasteiger partial charge in [0.05, 0.1) is 9.80 Å². The smallest absolute Gasteiger partial charge is 0.258 e. The Morgan fingerprint density at radius 1 is 1.26 bits per heavy atom. The molecular formula is C11H11ClN2O4S. The van der Waals surface area contributed by atoms with E-state index in [1.165, 1.54) is 24.3 Å². The van der Waals surface area contributed by atoms with Gasteiger partial charge in [-0.2, -0.15) is 0 Å². The Morgan fingerprint density at radius 3 is 2.37 bits per heavy atom. The van der Waals surface area contributed by atoms with Crippen LogP contribution in [0, 0.1) is 10.1 Å². The van der Waals surface area contributed by atoms with E-state index in [0.717, 1.165) is 0 Å². The standard InChI is InChI=1S/C11H11ClN2O4S/c12-10-5-11(6-10,7-10)13-19(17,18)9-4-2-1-3-8(9)14(15)16/h1-4,13H,5-7H2. The number of nitrogens with zero attached hydrogens (tertiary/aromatic N) is 1. The van der Waals surface area contributed by atoms with Crippen molar-refractivity contribution in [1.82, 2.24) is 4.72 Å². The van der Waals surface area contributed by atoms with Crippen LogP contribution in [-0.4, -0.2) is 23.8 Å². The molecule has 8 heteroatoms. The van der Waals surface area contributed by atoms with Crippen molar-refractivity contribution in [2.75, 3.05) is 0 Å². The van der Waals surface area contributed by atoms with Gasteiger partial charge in [0.1, 0.15) is 0 Å². The second-order valence-corrected chi connectivity index (χ2v) is 7.74. The number of benzene rings is 1. The van der Waals surface area contributed by atoms with Crippen molar-refractivity contribution in [2.45, 2.75) is 34.6 Å². The fourth-order valence-electron chi connectivity index (χ4n) is 2.95. The summed E-state index contributed by atoms with van der Waals surface area (Å²) < 4.78 is 27.0. The number of rotatable bonds is 4. The summed E-state index contributed by atoms with van der Waals surface area (Å²) in [5, 5.41) is 10.9. The molecule has 6 nitrogen and oxygen atoms in total. The van der Waals surface area contributed by atoms with Crippen LogP contribution in [-0.2, 0) is 10.0 Å². The summed E-state index contributed by atoms with van der Waals surface area (Å²) in [5.41, 5.74) is -0.910. The maximum absolute atomic E-state index is 12.2. The lowest BCUT2D eigenvalue weighted by Gasteiger charge is -2.67. The van der Waals surface area contributed by atoms with Gasteiger partial charge >= 0.3 is 0 Å². The van der Waals surface area contributed by atoms with Crippen molar-refractivity contribution in [1.29, 1.82) is 0 Å². The van der Waals surface area contributed by atoms with Crippen LogP contribution in [0.1, 0.15) is 19.3 Å². The van der Waals surface area contributed by atoms with Gasteiger partial charge in [0.25, 0.3) is 5.69 Å². The number of nitrogens with one attached hydrogen (secondary N) is 1. The van der Waals surface area contributed by atoms with Crippen molar-refractivity contribution in [2.24, 2.45) is 0 Å². The Morgan fingerprint density at radius 2 is 1.84 bits per heavy atom. The third-order valence-corrected chi connectivity index (χ3v) is 5.69. The molecule has 0 amide bonds. The highest BCUT2D eigenvalue weighted by molar-refractivity contribution is 7.89. The Hall–Kier alpha value is -1.18. The molecular weight excluding hydrogens is 292 g/mol. The Kier molecular flexibility index (Phi) is 2.49. The first-order valence-electron chi connectivity index (χ1n) is 5.72. The minimum Gasteiger partial charge on any atom is -0.258 e. The van der Waals surface area contributed by atoms with E-state index >= 15 is 0 Å². The maximum atomic E-state index is 12.2. The minimum absolute atomic E-state index is 0.259. The van der Waals surface area contributed by atoms with E-state index < -0.39 is 26.2 Å². The monoisotopic (exact) mass is 302 g/mol. The molecule has 0 atom stereocenters. The Bertz CT molecular complexity index is 653. The molecule has 1 aromatic carbocycles. The number of sulfonamides is 1. The van der Waals surface area contributed by atoms with Crippen LogP contribution in [0.2, 0.25) is 0 Å². The van der Waals surface area contributed by atoms with E-state index in [2.05, 4.69) is 4.72 Å². The summed E-state index contributed by atoms with van der Waals surface area (Å²) in [4.78, 5) is 9.62. The Labute approximate surface area is 115 Å². The second-order valence-electron chi connectivity index (χ2n) is 5.29. The zero-order valence-electron chi connectivity index (χ0n) is 9.80. The number of nitro groups is 1. The summed E-state index contributed by atoms with van der Waals surface area (Å²) in [5.74, 6) is 0. The molecule has 0 unspecified atom stereocenters. The first-order chi connectivity index (χ1) is 8.75. The van der Waals surface area contributed by atoms with Crippen molar-refractivity contribution in [3.05, 3.63) is 34.4 Å². The van der Waals surface area contributed by atoms with Crippen LogP contribution in [0.25, 0.3) is 0 Å². The number of alkyl halides is 1. The second kappa shape index (κ2) is 3.68. The van der Waals surface area contributed by atoms with Gasteiger partial charge in [-0.15, -0.1) is 11.6 Å². The molecule has 4 rings (SSSR count). The van der Waals surface area contributed by atoms with Crippen molar-refractivity contribution in [3.8, 4) is 0 Å². The summed E-state index contributed by atoms with van der Waals surface area (Å²) >= 11 is 6.07. The zero-order valence-corrected chi connectivity index (χ0v) is 11.4. The van der Waals surface area contributed by atoms with Gasteiger partial charge in [-0.25, -0.2) is 13.1 Å². The molecule has 19 heavy (non-hydrogen) atoms. The van der Waals surface area contributed by atoms with Crippen LogP contribution in [0.4, 0.5) is 5.69 Å². The number of hydrogen-bond acceptors (Lipinski definition) is 4. The number of nitro benzene ring substituents is 1. The van der Waals surface area contributed by atoms with Gasteiger partial charge in [-0.05, 0) is 25.3 Å². The van der Waals surface area contributed by atoms with Crippen LogP contribution < -0.4 is 4.72 Å². The van der Waals surface area contributed by atoms with Crippen molar-refractivity contribution >= 4 is 27.3 Å². The van der Waals surface area contributed by atoms with Gasteiger partial charge in [-0.1, -0.05) is 12.1 Å². The molecule has 1 N–H and O–H groups in total. The summed E-state index contributed by atoms with van der Waals surface area (Å²) in [6.07, 6.45) is 1.75. The molecule has 0 spiro atoms. The number of para-hydroxylation sites is 1. The molecule has 3 fully saturated rings. The number of halogens is 1. The molecule has 3 aliphatic carbocycles. The van der Waals surface area contributed by atoms with E-state index in [0.29, 0.717) is 19.3 Å². The highest BCUT2D eigenvalue weighted by Crippen LogP contribution is 2.64. The average Bonchev–Trinajstić information content (AvgIpc) is 2.25. The normalized spacial score (nSPS) is 32.3. The van der Waals surface area contributed by atoms with E-state index in [9.17, 15) is 18.5 Å². The maximum Gasteiger partial charge on any atom is 0.289 e. The SMILES string of the molecule is O=[N+]([O-])c1ccccc1S(=O)(=O)NC12CC(Cl)(C1)C2. The van der Waals surface area contributed by atoms with Gasteiger partial charge in [0, 0.05) is 11.6 Å². The molecule has 0 aliphatic heterocycles. The van der Waals surface area contributed by atoms with E-state index in [4.69, 9.17) is 11.6 Å². The molecule has 102 valence electrons. The first kappa shape index (κ1) is 12.8. The lowest BCUT2D eigenvalue weighted by molar-refractivity contribution is -0.387. The molecule has 2 bridgehead atoms. The molecule has 3 aliphatic rings. The fourth-order valence-corrected chi connectivity index (χ4v) is 5.29. The van der Waals surface area contributed by atoms with Crippen molar-refractivity contribution in [3.63, 3.8) is 0 Å². The molecule has 3 saturated carbocycles. The average molecular weight is 303 g/mol. The summed E-state index contributed by atoms with van der Waals surface area (Å²) in [6.45, 7) is 0. The van der Waals surface area contributed by atoms with E-state index in [1.807, 2.05) is 0 Å². The lowest BCUT2D eigenvalue weighted by atomic mass is 9.49. The predicted molar refractivity (Wildman–Crippen MR) is 68.6 cm³/mol. The molecule has 0 heterocycles. The zero-order chi connectivity index (χ0) is 13.9. The van der Waals surface area contributed by atoms with Gasteiger partial charge in [-0.3, -0.25) is 10.1 Å². The largest absolute Gasteiger partial charge is 0.289 e. The lowest BCUT2D eigenvalue weighted by Crippen LogP contribution is -2.76. The third kappa shape index (κ3) is 1.92. The van der Waals surface area contributed by atoms with E-state index in [-0.39, 0.29) is 9.77 Å². The third-order valence-electron chi connectivity index (χ3n) is 3.67. The van der Waals surface area contributed by atoms with Gasteiger partial charge in [0.15, 0.2) is 4.90 Å². The van der Waals surface area contributed by atoms with Gasteiger partial charge < -0.3 is 0 Å². The van der Waals surface area contributed by atoms with Crippen LogP contribution in [0.3, 0.4) is 0 Å². The first-order valence-corrected chi connectivity index (χ1v) is 7.58. The molecule has 0 radical (unpaired) electrons. The molecule has 0 aromatic heterocycles. The van der Waals surface area contributed by atoms with E-state index in [1.54, 1.807) is 0 Å². The quantitative estimate of drug-likeness (QED) is 0.521. The molecule has 0 saturated heterocycles. The minimum atomic E-state index is -3.89. The van der Waals surface area contributed by atoms with Crippen LogP contribution in [0.15, 0.2) is 29.2 Å². The fraction of sp³-hybridized carbons (Fsp3) is 0.455. The molecule has 1 aromatic rings. The predicted octanol–water partition coefficient (Wildman–Crippen LogP) is 1.79. The highest BCUT2D eigenvalue weighted by Gasteiger charge is 2.68. The summed E-state index contributed by atoms with van der Waals surface area (Å²) in [6, 6.07) is 5.32. The Balaban J connectivity index is 1.91. The highest BCUT2D eigenvalue weighted by atomic mass is 35.5. The van der Waals surface area contributed by atoms with Crippen molar-refractivity contribution < 1.29 is 13.3 Å². The summed E-state index contributed by atoms with van der Waals surface area (Å²) in [7, 11) is -3.89. The van der Waals surface area contributed by atoms with Crippen LogP contribution in [0.5, 0.6) is 0 Å². The van der Waals surface area contributed by atoms with Gasteiger partial charge in [0.2, 0.25) is 10.0 Å².